The lowest BCUT2D eigenvalue weighted by molar-refractivity contribution is 0.121. The lowest BCUT2D eigenvalue weighted by Crippen LogP contribution is -2.08. The molecule has 0 saturated heterocycles. The maximum Gasteiger partial charge on any atom is 0.513 e. The van der Waals surface area contributed by atoms with Gasteiger partial charge in [-0.15, -0.1) is 11.3 Å². The molecule has 1 heterocycles. The van der Waals surface area contributed by atoms with Crippen LogP contribution in [-0.2, 0) is 4.74 Å². The first kappa shape index (κ1) is 12.6. The maximum atomic E-state index is 12.4. The molecule has 0 bridgehead atoms. The average molecular weight is 286 g/mol. The molecule has 3 rings (SSSR count). The van der Waals surface area contributed by atoms with Gasteiger partial charge in [0.1, 0.15) is 5.75 Å². The molecule has 0 unspecified atom stereocenters. The predicted octanol–water partition coefficient (Wildman–Crippen LogP) is 3.56. The Balaban J connectivity index is 2.23. The van der Waals surface area contributed by atoms with Crippen molar-refractivity contribution in [2.75, 3.05) is 7.11 Å². The molecule has 3 aromatic rings. The van der Waals surface area contributed by atoms with Gasteiger partial charge in [-0.3, -0.25) is 4.79 Å². The molecule has 0 aliphatic heterocycles. The number of carbonyl (C=O) groups is 1. The van der Waals surface area contributed by atoms with Crippen molar-refractivity contribution in [2.24, 2.45) is 0 Å². The second-order valence-corrected chi connectivity index (χ2v) is 5.23. The molecule has 0 spiro atoms. The van der Waals surface area contributed by atoms with Gasteiger partial charge in [-0.05, 0) is 30.3 Å². The molecule has 0 atom stereocenters. The monoisotopic (exact) mass is 286 g/mol. The van der Waals surface area contributed by atoms with Crippen LogP contribution in [0.15, 0.2) is 47.3 Å². The highest BCUT2D eigenvalue weighted by Gasteiger charge is 2.09. The number of benzene rings is 2. The van der Waals surface area contributed by atoms with E-state index in [1.807, 2.05) is 18.2 Å². The Labute approximate surface area is 118 Å². The largest absolute Gasteiger partial charge is 0.513 e. The van der Waals surface area contributed by atoms with Crippen LogP contribution < -0.4 is 10.2 Å². The lowest BCUT2D eigenvalue weighted by atomic mass is 10.2. The first-order valence-corrected chi connectivity index (χ1v) is 6.72. The predicted molar refractivity (Wildman–Crippen MR) is 78.6 cm³/mol. The van der Waals surface area contributed by atoms with Gasteiger partial charge < -0.3 is 9.47 Å². The van der Waals surface area contributed by atoms with Gasteiger partial charge in [-0.2, -0.15) is 0 Å². The fourth-order valence-corrected chi connectivity index (χ4v) is 3.04. The summed E-state index contributed by atoms with van der Waals surface area (Å²) in [4.78, 5) is 23.5. The summed E-state index contributed by atoms with van der Waals surface area (Å²) in [5.41, 5.74) is -0.0651. The fourth-order valence-electron chi connectivity index (χ4n) is 1.98. The highest BCUT2D eigenvalue weighted by Crippen LogP contribution is 2.27. The Morgan fingerprint density at radius 1 is 1.05 bits per heavy atom. The molecule has 20 heavy (non-hydrogen) atoms. The molecule has 0 amide bonds. The summed E-state index contributed by atoms with van der Waals surface area (Å²) in [5.74, 6) is 0.295. The highest BCUT2D eigenvalue weighted by atomic mass is 32.1. The highest BCUT2D eigenvalue weighted by molar-refractivity contribution is 7.24. The molecule has 0 aliphatic rings. The summed E-state index contributed by atoms with van der Waals surface area (Å²) in [6.45, 7) is 0. The van der Waals surface area contributed by atoms with E-state index in [2.05, 4.69) is 4.74 Å². The van der Waals surface area contributed by atoms with Crippen LogP contribution in [0, 0.1) is 0 Å². The molecule has 0 fully saturated rings. The first-order valence-electron chi connectivity index (χ1n) is 5.90. The van der Waals surface area contributed by atoms with Crippen LogP contribution in [0.3, 0.4) is 0 Å². The zero-order valence-electron chi connectivity index (χ0n) is 10.6. The van der Waals surface area contributed by atoms with Crippen LogP contribution in [0.5, 0.6) is 5.75 Å². The van der Waals surface area contributed by atoms with E-state index in [0.717, 1.165) is 9.40 Å². The van der Waals surface area contributed by atoms with Gasteiger partial charge in [0.05, 0.1) is 7.11 Å². The van der Waals surface area contributed by atoms with E-state index in [9.17, 15) is 9.59 Å². The van der Waals surface area contributed by atoms with Crippen molar-refractivity contribution in [1.82, 2.24) is 0 Å². The van der Waals surface area contributed by atoms with Crippen LogP contribution >= 0.6 is 11.3 Å². The summed E-state index contributed by atoms with van der Waals surface area (Å²) in [7, 11) is 1.23. The van der Waals surface area contributed by atoms with E-state index in [1.54, 1.807) is 24.3 Å². The molecule has 5 heteroatoms. The minimum Gasteiger partial charge on any atom is -0.437 e. The van der Waals surface area contributed by atoms with Crippen LogP contribution in [0.1, 0.15) is 0 Å². The Morgan fingerprint density at radius 3 is 2.60 bits per heavy atom. The summed E-state index contributed by atoms with van der Waals surface area (Å²) < 4.78 is 11.2. The van der Waals surface area contributed by atoms with Crippen LogP contribution in [-0.4, -0.2) is 13.3 Å². The van der Waals surface area contributed by atoms with E-state index in [4.69, 9.17) is 4.74 Å². The van der Waals surface area contributed by atoms with Crippen molar-refractivity contribution >= 4 is 37.7 Å². The van der Waals surface area contributed by atoms with Crippen molar-refractivity contribution in [3.8, 4) is 5.75 Å². The minimum absolute atomic E-state index is 0.0651. The number of hydrogen-bond acceptors (Lipinski definition) is 5. The normalized spacial score (nSPS) is 10.7. The minimum atomic E-state index is -0.804. The van der Waals surface area contributed by atoms with Gasteiger partial charge in [0.2, 0.25) is 0 Å². The van der Waals surface area contributed by atoms with Crippen LogP contribution in [0.2, 0.25) is 0 Å². The van der Waals surface area contributed by atoms with Gasteiger partial charge in [-0.25, -0.2) is 4.79 Å². The number of methoxy groups -OCH3 is 1. The van der Waals surface area contributed by atoms with Crippen molar-refractivity contribution in [3.05, 3.63) is 52.7 Å². The van der Waals surface area contributed by atoms with Gasteiger partial charge in [0, 0.05) is 20.2 Å². The van der Waals surface area contributed by atoms with Gasteiger partial charge >= 0.3 is 6.16 Å². The quantitative estimate of drug-likeness (QED) is 0.390. The summed E-state index contributed by atoms with van der Waals surface area (Å²) in [6.07, 6.45) is -0.804. The molecule has 0 aliphatic carbocycles. The number of rotatable bonds is 1. The lowest BCUT2D eigenvalue weighted by Gasteiger charge is -2.04. The molecule has 4 nitrogen and oxygen atoms in total. The average Bonchev–Trinajstić information content (AvgIpc) is 2.48. The molecule has 0 N–H and O–H groups in total. The summed E-state index contributed by atoms with van der Waals surface area (Å²) in [5, 5.41) is 1.20. The third-order valence-corrected chi connectivity index (χ3v) is 4.07. The number of fused-ring (bicyclic) bond motifs is 2. The fraction of sp³-hybridized carbons (Fsp3) is 0.0667. The molecule has 1 aromatic heterocycles. The van der Waals surface area contributed by atoms with Crippen LogP contribution in [0.4, 0.5) is 4.79 Å². The van der Waals surface area contributed by atoms with Gasteiger partial charge in [-0.1, -0.05) is 12.1 Å². The molecular formula is C15H10O4S. The zero-order valence-corrected chi connectivity index (χ0v) is 11.4. The van der Waals surface area contributed by atoms with E-state index in [-0.39, 0.29) is 5.43 Å². The molecule has 0 saturated carbocycles. The van der Waals surface area contributed by atoms with Crippen molar-refractivity contribution in [1.29, 1.82) is 0 Å². The smallest absolute Gasteiger partial charge is 0.437 e. The second kappa shape index (κ2) is 4.94. The first-order chi connectivity index (χ1) is 9.69. The topological polar surface area (TPSA) is 52.6 Å². The Kier molecular flexibility index (Phi) is 3.12. The number of hydrogen-bond donors (Lipinski definition) is 0. The van der Waals surface area contributed by atoms with Crippen molar-refractivity contribution in [2.45, 2.75) is 0 Å². The number of carbonyl (C=O) groups excluding carboxylic acids is 1. The second-order valence-electron chi connectivity index (χ2n) is 4.14. The summed E-state index contributed by atoms with van der Waals surface area (Å²) in [6, 6.07) is 12.4. The van der Waals surface area contributed by atoms with E-state index < -0.39 is 6.16 Å². The summed E-state index contributed by atoms with van der Waals surface area (Å²) >= 11 is 1.53. The Bertz CT molecular complexity index is 867. The standard InChI is InChI=1S/C15H10O4S/c1-18-15(17)19-9-6-7-13-11(8-9)14(16)10-4-2-3-5-12(10)20-13/h2-8H,1H3. The third kappa shape index (κ3) is 2.12. The van der Waals surface area contributed by atoms with E-state index in [1.165, 1.54) is 18.4 Å². The Morgan fingerprint density at radius 2 is 1.80 bits per heavy atom. The third-order valence-electron chi connectivity index (χ3n) is 2.92. The van der Waals surface area contributed by atoms with Crippen LogP contribution in [0.25, 0.3) is 20.2 Å². The van der Waals surface area contributed by atoms with Crippen molar-refractivity contribution in [3.63, 3.8) is 0 Å². The van der Waals surface area contributed by atoms with Gasteiger partial charge in [0.25, 0.3) is 0 Å². The van der Waals surface area contributed by atoms with E-state index >= 15 is 0 Å². The van der Waals surface area contributed by atoms with E-state index in [0.29, 0.717) is 16.5 Å². The number of ether oxygens (including phenoxy) is 2. The van der Waals surface area contributed by atoms with Crippen molar-refractivity contribution < 1.29 is 14.3 Å². The molecule has 100 valence electrons. The molecule has 2 aromatic carbocycles. The van der Waals surface area contributed by atoms with Gasteiger partial charge in [0.15, 0.2) is 5.43 Å². The zero-order chi connectivity index (χ0) is 14.1. The SMILES string of the molecule is COC(=O)Oc1ccc2sc3ccccc3c(=O)c2c1. The molecular weight excluding hydrogens is 276 g/mol. The molecule has 0 radical (unpaired) electrons. The Hall–Kier alpha value is -2.40. The maximum absolute atomic E-state index is 12.4.